The molecule has 0 spiro atoms. The van der Waals surface area contributed by atoms with Gasteiger partial charge >= 0.3 is 5.76 Å². The van der Waals surface area contributed by atoms with Crippen LogP contribution in [0.4, 0.5) is 0 Å². The highest BCUT2D eigenvalue weighted by atomic mass is 16.7. The van der Waals surface area contributed by atoms with Crippen LogP contribution in [0.2, 0.25) is 0 Å². The van der Waals surface area contributed by atoms with Crippen molar-refractivity contribution in [2.45, 2.75) is 74.4 Å². The highest BCUT2D eigenvalue weighted by Crippen LogP contribution is 2.37. The topological polar surface area (TPSA) is 232 Å². The van der Waals surface area contributed by atoms with Crippen LogP contribution in [0.3, 0.4) is 0 Å². The van der Waals surface area contributed by atoms with Gasteiger partial charge in [-0.05, 0) is 31.2 Å². The zero-order valence-electron chi connectivity index (χ0n) is 21.7. The molecule has 0 amide bonds. The third-order valence-electron chi connectivity index (χ3n) is 7.30. The Bertz CT molecular complexity index is 1240. The van der Waals surface area contributed by atoms with Crippen LogP contribution in [-0.2, 0) is 18.9 Å². The van der Waals surface area contributed by atoms with E-state index in [0.717, 1.165) is 6.08 Å². The summed E-state index contributed by atoms with van der Waals surface area (Å²) in [7, 11) is 0. The molecule has 1 aliphatic carbocycles. The molecular weight excluding hydrogens is 548 g/mol. The van der Waals surface area contributed by atoms with Crippen LogP contribution >= 0.6 is 0 Å². The molecule has 14 nitrogen and oxygen atoms in total. The largest absolute Gasteiger partial charge is 0.571 e. The number of ether oxygens (including phenoxy) is 5. The van der Waals surface area contributed by atoms with Crippen molar-refractivity contribution in [3.05, 3.63) is 70.9 Å². The van der Waals surface area contributed by atoms with Gasteiger partial charge in [-0.25, -0.2) is 0 Å². The number of hydrogen-bond acceptors (Lipinski definition) is 13. The van der Waals surface area contributed by atoms with Crippen molar-refractivity contribution in [1.29, 1.82) is 0 Å². The summed E-state index contributed by atoms with van der Waals surface area (Å²) in [5.74, 6) is -0.265. The molecule has 2 saturated heterocycles. The summed E-state index contributed by atoms with van der Waals surface area (Å²) < 4.78 is 27.1. The zero-order valence-corrected chi connectivity index (χ0v) is 21.7. The van der Waals surface area contributed by atoms with Gasteiger partial charge in [-0.2, -0.15) is 0 Å². The van der Waals surface area contributed by atoms with Crippen LogP contribution in [-0.4, -0.2) is 125 Å². The van der Waals surface area contributed by atoms with Gasteiger partial charge in [0.05, 0.1) is 29.9 Å². The Labute approximate surface area is 233 Å². The van der Waals surface area contributed by atoms with E-state index in [1.54, 1.807) is 12.1 Å². The fraction of sp³-hybridized carbons (Fsp3) is 0.481. The van der Waals surface area contributed by atoms with Gasteiger partial charge in [0.15, 0.2) is 6.29 Å². The highest BCUT2D eigenvalue weighted by Gasteiger charge is 2.48. The molecule has 224 valence electrons. The Morgan fingerprint density at radius 2 is 1.44 bits per heavy atom. The summed E-state index contributed by atoms with van der Waals surface area (Å²) in [6.07, 6.45) is -11.7. The number of rotatable bonds is 6. The number of hydrogen-bond donors (Lipinski definition) is 9. The lowest BCUT2D eigenvalue weighted by Crippen LogP contribution is -2.61. The Kier molecular flexibility index (Phi) is 8.29. The van der Waals surface area contributed by atoms with E-state index in [0.29, 0.717) is 5.56 Å². The predicted molar refractivity (Wildman–Crippen MR) is 137 cm³/mol. The van der Waals surface area contributed by atoms with E-state index in [2.05, 4.69) is 4.74 Å². The van der Waals surface area contributed by atoms with Crippen molar-refractivity contribution >= 4 is 5.76 Å². The van der Waals surface area contributed by atoms with E-state index in [9.17, 15) is 46.0 Å². The van der Waals surface area contributed by atoms with Crippen LogP contribution in [0.1, 0.15) is 12.5 Å². The molecule has 1 aromatic carbocycles. The van der Waals surface area contributed by atoms with Crippen LogP contribution in [0.5, 0.6) is 5.75 Å². The molecule has 0 radical (unpaired) electrons. The smallest absolute Gasteiger partial charge is 0.305 e. The van der Waals surface area contributed by atoms with Gasteiger partial charge in [-0.1, -0.05) is 0 Å². The summed E-state index contributed by atoms with van der Waals surface area (Å²) in [5.41, 5.74) is 0.739. The van der Waals surface area contributed by atoms with Gasteiger partial charge in [-0.15, -0.1) is 0 Å². The van der Waals surface area contributed by atoms with Crippen molar-refractivity contribution in [3.63, 3.8) is 0 Å². The lowest BCUT2D eigenvalue weighted by atomic mass is 9.96. The lowest BCUT2D eigenvalue weighted by Gasteiger charge is -2.42. The molecule has 11 atom stereocenters. The monoisotopic (exact) mass is 581 g/mol. The number of phenols is 1. The SMILES string of the molecule is C[C@@H]1O[C@@H](OC[C@H]2O[C@@H](OC3=C(c4ccc(O)cc4)[OH+]C4C=C(O)C=C(O)C4=C3)[C@H](O)[C@@H](O)[C@@H]2O)[C@H](O)[C@H](O)[C@H]1O. The highest BCUT2D eigenvalue weighted by molar-refractivity contribution is 5.67. The number of fused-ring (bicyclic) bond motifs is 1. The molecule has 3 heterocycles. The molecule has 1 unspecified atom stereocenters. The van der Waals surface area contributed by atoms with E-state index in [1.807, 2.05) is 0 Å². The predicted octanol–water partition coefficient (Wildman–Crippen LogP) is -1.54. The van der Waals surface area contributed by atoms with Gasteiger partial charge in [0.2, 0.25) is 18.2 Å². The molecule has 2 fully saturated rings. The number of benzene rings is 1. The maximum absolute atomic E-state index is 10.7. The van der Waals surface area contributed by atoms with Crippen molar-refractivity contribution in [2.75, 3.05) is 6.61 Å². The zero-order chi connectivity index (χ0) is 29.6. The molecule has 1 aromatic rings. The molecule has 41 heavy (non-hydrogen) atoms. The second-order valence-corrected chi connectivity index (χ2v) is 10.2. The minimum absolute atomic E-state index is 0.000888. The maximum Gasteiger partial charge on any atom is 0.305 e. The summed E-state index contributed by atoms with van der Waals surface area (Å²) in [6.45, 7) is 0.989. The fourth-order valence-electron chi connectivity index (χ4n) is 4.90. The van der Waals surface area contributed by atoms with Gasteiger partial charge in [0, 0.05) is 12.2 Å². The minimum Gasteiger partial charge on any atom is -0.571 e. The molecule has 10 N–H and O–H groups in total. The van der Waals surface area contributed by atoms with Gasteiger partial charge in [-0.3, -0.25) is 0 Å². The first-order valence-electron chi connectivity index (χ1n) is 12.9. The van der Waals surface area contributed by atoms with E-state index in [4.69, 9.17) is 18.9 Å². The van der Waals surface area contributed by atoms with Crippen LogP contribution in [0, 0.1) is 0 Å². The van der Waals surface area contributed by atoms with Crippen molar-refractivity contribution in [1.82, 2.24) is 0 Å². The van der Waals surface area contributed by atoms with Gasteiger partial charge < -0.3 is 69.6 Å². The summed E-state index contributed by atoms with van der Waals surface area (Å²) in [5, 5.41) is 92.0. The van der Waals surface area contributed by atoms with E-state index in [1.165, 1.54) is 31.2 Å². The first-order chi connectivity index (χ1) is 19.4. The molecule has 4 aliphatic rings. The second kappa shape index (κ2) is 11.6. The Hall–Kier alpha value is -3.18. The summed E-state index contributed by atoms with van der Waals surface area (Å²) in [6, 6.07) is 5.93. The van der Waals surface area contributed by atoms with Gasteiger partial charge in [0.25, 0.3) is 0 Å². The molecule has 0 aromatic heterocycles. The number of aliphatic hydroxyl groups is 10. The van der Waals surface area contributed by atoms with Gasteiger partial charge in [0.1, 0.15) is 60.0 Å². The van der Waals surface area contributed by atoms with Crippen LogP contribution in [0.15, 0.2) is 65.3 Å². The van der Waals surface area contributed by atoms with E-state index in [-0.39, 0.29) is 34.4 Å². The Morgan fingerprint density at radius 1 is 0.780 bits per heavy atom. The summed E-state index contributed by atoms with van der Waals surface area (Å²) in [4.78, 5) is 0. The standard InChI is InChI=1S/C27H32O14/c1-10-19(31)21(33)23(35)26(38-10)37-9-18-20(32)22(34)24(36)27(41-18)40-17-8-14-15(30)6-13(29)7-16(14)39-25(17)11-2-4-12(28)5-3-11/h2-8,10,16,18-24,26-36H,9H2,1H3/p+1/t10-,16?,18+,19-,20+,21+,22-,23+,24+,26+,27+/m0/s1. The average molecular weight is 582 g/mol. The second-order valence-electron chi connectivity index (χ2n) is 10.2. The normalized spacial score (nSPS) is 39.2. The fourth-order valence-corrected chi connectivity index (χ4v) is 4.90. The minimum atomic E-state index is -1.76. The number of allylic oxidation sites excluding steroid dienone is 2. The molecule has 0 bridgehead atoms. The number of aromatic hydroxyl groups is 1. The molecule has 0 saturated carbocycles. The first kappa shape index (κ1) is 29.3. The number of aliphatic hydroxyl groups excluding tert-OH is 8. The first-order valence-corrected chi connectivity index (χ1v) is 12.9. The lowest BCUT2D eigenvalue weighted by molar-refractivity contribution is -0.323. The quantitative estimate of drug-likeness (QED) is 0.174. The molecule has 5 rings (SSSR count). The molecular formula is C27H33O14+. The van der Waals surface area contributed by atoms with Crippen LogP contribution < -0.4 is 0 Å². The molecule has 3 aliphatic heterocycles. The molecule has 14 heteroatoms. The number of phenolic OH excluding ortho intramolecular Hbond substituents is 1. The van der Waals surface area contributed by atoms with Crippen molar-refractivity contribution in [3.8, 4) is 5.75 Å². The van der Waals surface area contributed by atoms with Crippen LogP contribution in [0.25, 0.3) is 5.76 Å². The Balaban J connectivity index is 1.38. The van der Waals surface area contributed by atoms with E-state index < -0.39 is 74.1 Å². The van der Waals surface area contributed by atoms with E-state index >= 15 is 0 Å². The van der Waals surface area contributed by atoms with Crippen molar-refractivity contribution < 1.29 is 69.6 Å². The van der Waals surface area contributed by atoms with Crippen molar-refractivity contribution in [2.24, 2.45) is 0 Å². The third-order valence-corrected chi connectivity index (χ3v) is 7.30. The third kappa shape index (κ3) is 5.79. The average Bonchev–Trinajstić information content (AvgIpc) is 2.94. The summed E-state index contributed by atoms with van der Waals surface area (Å²) >= 11 is 0. The maximum atomic E-state index is 10.7. The Morgan fingerprint density at radius 3 is 2.15 bits per heavy atom.